The summed E-state index contributed by atoms with van der Waals surface area (Å²) in [5, 5.41) is 4.78. The average molecular weight is 416 g/mol. The number of aryl methyl sites for hydroxylation is 2. The molecule has 6 heteroatoms. The van der Waals surface area contributed by atoms with Crippen molar-refractivity contribution in [3.8, 4) is 11.3 Å². The van der Waals surface area contributed by atoms with Gasteiger partial charge in [-0.1, -0.05) is 42.5 Å². The van der Waals surface area contributed by atoms with Crippen LogP contribution >= 0.6 is 0 Å². The molecule has 0 aliphatic carbocycles. The summed E-state index contributed by atoms with van der Waals surface area (Å²) in [6.45, 7) is 5.03. The normalized spacial score (nSPS) is 15.9. The zero-order valence-corrected chi connectivity index (χ0v) is 17.6. The molecule has 1 aliphatic heterocycles. The monoisotopic (exact) mass is 416 g/mol. The molecule has 4 rings (SSSR count). The van der Waals surface area contributed by atoms with Crippen molar-refractivity contribution in [3.63, 3.8) is 0 Å². The number of benzene rings is 2. The van der Waals surface area contributed by atoms with Crippen LogP contribution in [0.3, 0.4) is 0 Å². The third-order valence-electron chi connectivity index (χ3n) is 5.30. The minimum Gasteiger partial charge on any atom is -0.463 e. The maximum absolute atomic E-state index is 12.2. The number of ether oxygens (including phenoxy) is 2. The van der Waals surface area contributed by atoms with Crippen LogP contribution in [-0.4, -0.2) is 34.4 Å². The smallest absolute Gasteiger partial charge is 0.347 e. The van der Waals surface area contributed by atoms with Gasteiger partial charge in [-0.15, -0.1) is 0 Å². The molecule has 2 heterocycles. The van der Waals surface area contributed by atoms with Crippen LogP contribution in [-0.2, 0) is 25.6 Å². The van der Waals surface area contributed by atoms with E-state index in [1.165, 1.54) is 17.2 Å². The van der Waals surface area contributed by atoms with Crippen molar-refractivity contribution in [1.29, 1.82) is 0 Å². The Labute approximate surface area is 181 Å². The summed E-state index contributed by atoms with van der Waals surface area (Å²) in [7, 11) is 0. The quantitative estimate of drug-likeness (QED) is 0.447. The van der Waals surface area contributed by atoms with Gasteiger partial charge in [-0.05, 0) is 42.7 Å². The SMILES string of the molecule is Cc1ccc(-c2nn(Cc3ccccc3)cc2/C=C/C(=O)O[C@@H]2CCOC2=O)cc1C. The maximum Gasteiger partial charge on any atom is 0.347 e. The highest BCUT2D eigenvalue weighted by Crippen LogP contribution is 2.26. The number of nitrogens with zero attached hydrogens (tertiary/aromatic N) is 2. The first kappa shape index (κ1) is 20.6. The highest BCUT2D eigenvalue weighted by Gasteiger charge is 2.29. The van der Waals surface area contributed by atoms with E-state index >= 15 is 0 Å². The van der Waals surface area contributed by atoms with Gasteiger partial charge < -0.3 is 9.47 Å². The standard InChI is InChI=1S/C25H24N2O4/c1-17-8-9-20(14-18(17)2)24-21(10-11-23(28)31-22-12-13-30-25(22)29)16-27(26-24)15-19-6-4-3-5-7-19/h3-11,14,16,22H,12-13,15H2,1-2H3/b11-10+/t22-/m1/s1. The summed E-state index contributed by atoms with van der Waals surface area (Å²) >= 11 is 0. The van der Waals surface area contributed by atoms with Crippen LogP contribution in [0.2, 0.25) is 0 Å². The van der Waals surface area contributed by atoms with Gasteiger partial charge in [0.15, 0.2) is 0 Å². The van der Waals surface area contributed by atoms with Gasteiger partial charge in [0.2, 0.25) is 6.10 Å². The lowest BCUT2D eigenvalue weighted by atomic mass is 10.0. The van der Waals surface area contributed by atoms with E-state index in [-0.39, 0.29) is 6.61 Å². The molecule has 0 N–H and O–H groups in total. The Kier molecular flexibility index (Phi) is 5.98. The molecule has 158 valence electrons. The Morgan fingerprint density at radius 2 is 2.00 bits per heavy atom. The zero-order valence-electron chi connectivity index (χ0n) is 17.6. The molecule has 1 atom stereocenters. The second-order valence-electron chi connectivity index (χ2n) is 7.63. The van der Waals surface area contributed by atoms with Crippen LogP contribution in [0.1, 0.15) is 28.7 Å². The predicted molar refractivity (Wildman–Crippen MR) is 117 cm³/mol. The van der Waals surface area contributed by atoms with Crippen LogP contribution in [0.15, 0.2) is 60.8 Å². The van der Waals surface area contributed by atoms with Gasteiger partial charge in [0, 0.05) is 29.8 Å². The van der Waals surface area contributed by atoms with Gasteiger partial charge in [0.1, 0.15) is 0 Å². The maximum atomic E-state index is 12.2. The summed E-state index contributed by atoms with van der Waals surface area (Å²) in [6, 6.07) is 16.2. The number of esters is 2. The first-order valence-electron chi connectivity index (χ1n) is 10.2. The highest BCUT2D eigenvalue weighted by molar-refractivity contribution is 5.90. The van der Waals surface area contributed by atoms with Crippen LogP contribution in [0.25, 0.3) is 17.3 Å². The third-order valence-corrected chi connectivity index (χ3v) is 5.30. The fourth-order valence-corrected chi connectivity index (χ4v) is 3.45. The highest BCUT2D eigenvalue weighted by atomic mass is 16.6. The number of hydrogen-bond acceptors (Lipinski definition) is 5. The van der Waals surface area contributed by atoms with Crippen LogP contribution in [0.5, 0.6) is 0 Å². The number of hydrogen-bond donors (Lipinski definition) is 0. The largest absolute Gasteiger partial charge is 0.463 e. The van der Waals surface area contributed by atoms with Gasteiger partial charge in [0.05, 0.1) is 18.8 Å². The van der Waals surface area contributed by atoms with Gasteiger partial charge in [0.25, 0.3) is 0 Å². The fraction of sp³-hybridized carbons (Fsp3) is 0.240. The summed E-state index contributed by atoms with van der Waals surface area (Å²) in [6.07, 6.45) is 4.49. The molecule has 3 aromatic rings. The Balaban J connectivity index is 1.61. The topological polar surface area (TPSA) is 70.4 Å². The van der Waals surface area contributed by atoms with E-state index in [4.69, 9.17) is 14.6 Å². The van der Waals surface area contributed by atoms with E-state index < -0.39 is 18.0 Å². The number of rotatable bonds is 6. The van der Waals surface area contributed by atoms with Crippen molar-refractivity contribution in [2.24, 2.45) is 0 Å². The molecular weight excluding hydrogens is 392 g/mol. The van der Waals surface area contributed by atoms with Gasteiger partial charge in [-0.25, -0.2) is 9.59 Å². The van der Waals surface area contributed by atoms with Crippen molar-refractivity contribution in [1.82, 2.24) is 9.78 Å². The van der Waals surface area contributed by atoms with Crippen molar-refractivity contribution in [2.75, 3.05) is 6.61 Å². The molecule has 0 amide bonds. The van der Waals surface area contributed by atoms with Crippen molar-refractivity contribution in [2.45, 2.75) is 32.9 Å². The molecule has 31 heavy (non-hydrogen) atoms. The lowest BCUT2D eigenvalue weighted by Gasteiger charge is -2.05. The summed E-state index contributed by atoms with van der Waals surface area (Å²) in [5.74, 6) is -1.07. The van der Waals surface area contributed by atoms with E-state index in [1.54, 1.807) is 6.08 Å². The molecular formula is C25H24N2O4. The Bertz CT molecular complexity index is 1130. The second kappa shape index (κ2) is 9.00. The van der Waals surface area contributed by atoms with E-state index in [0.717, 1.165) is 22.4 Å². The van der Waals surface area contributed by atoms with Crippen molar-refractivity contribution < 1.29 is 19.1 Å². The first-order chi connectivity index (χ1) is 15.0. The van der Waals surface area contributed by atoms with Crippen LogP contribution in [0, 0.1) is 13.8 Å². The summed E-state index contributed by atoms with van der Waals surface area (Å²) in [4.78, 5) is 23.7. The molecule has 2 aromatic carbocycles. The average Bonchev–Trinajstić information content (AvgIpc) is 3.35. The Morgan fingerprint density at radius 3 is 2.71 bits per heavy atom. The van der Waals surface area contributed by atoms with Crippen LogP contribution < -0.4 is 0 Å². The number of carbonyl (C=O) groups is 2. The molecule has 0 radical (unpaired) electrons. The first-order valence-corrected chi connectivity index (χ1v) is 10.2. The molecule has 0 saturated carbocycles. The van der Waals surface area contributed by atoms with E-state index in [0.29, 0.717) is 13.0 Å². The Morgan fingerprint density at radius 1 is 1.19 bits per heavy atom. The molecule has 0 bridgehead atoms. The second-order valence-corrected chi connectivity index (χ2v) is 7.63. The molecule has 6 nitrogen and oxygen atoms in total. The molecule has 0 spiro atoms. The number of cyclic esters (lactones) is 1. The van der Waals surface area contributed by atoms with Gasteiger partial charge in [-0.3, -0.25) is 4.68 Å². The zero-order chi connectivity index (χ0) is 21.8. The van der Waals surface area contributed by atoms with Crippen molar-refractivity contribution in [3.05, 3.63) is 83.1 Å². The minimum absolute atomic E-state index is 0.281. The van der Waals surface area contributed by atoms with Crippen molar-refractivity contribution >= 4 is 18.0 Å². The molecule has 1 saturated heterocycles. The lowest BCUT2D eigenvalue weighted by Crippen LogP contribution is -2.21. The summed E-state index contributed by atoms with van der Waals surface area (Å²) in [5.41, 5.74) is 6.06. The number of aromatic nitrogens is 2. The molecule has 1 aromatic heterocycles. The third kappa shape index (κ3) is 4.91. The molecule has 1 aliphatic rings. The summed E-state index contributed by atoms with van der Waals surface area (Å²) < 4.78 is 11.9. The van der Waals surface area contributed by atoms with E-state index in [2.05, 4.69) is 26.0 Å². The van der Waals surface area contributed by atoms with Gasteiger partial charge >= 0.3 is 11.9 Å². The minimum atomic E-state index is -0.822. The van der Waals surface area contributed by atoms with Gasteiger partial charge in [-0.2, -0.15) is 5.10 Å². The van der Waals surface area contributed by atoms with E-state index in [1.807, 2.05) is 47.3 Å². The Hall–Kier alpha value is -3.67. The predicted octanol–water partition coefficient (Wildman–Crippen LogP) is 4.09. The van der Waals surface area contributed by atoms with E-state index in [9.17, 15) is 9.59 Å². The molecule has 1 fully saturated rings. The van der Waals surface area contributed by atoms with Crippen LogP contribution in [0.4, 0.5) is 0 Å². The molecule has 0 unspecified atom stereocenters. The fourth-order valence-electron chi connectivity index (χ4n) is 3.45. The number of carbonyl (C=O) groups excluding carboxylic acids is 2. The lowest BCUT2D eigenvalue weighted by molar-refractivity contribution is -0.156.